The Labute approximate surface area is 208 Å². The Morgan fingerprint density at radius 2 is 2.00 bits per heavy atom. The van der Waals surface area contributed by atoms with Crippen LogP contribution in [0.1, 0.15) is 46.7 Å². The number of aryl methyl sites for hydroxylation is 1. The first-order chi connectivity index (χ1) is 17.4. The van der Waals surface area contributed by atoms with Gasteiger partial charge in [-0.05, 0) is 57.5 Å². The average Bonchev–Trinajstić information content (AvgIpc) is 3.22. The summed E-state index contributed by atoms with van der Waals surface area (Å²) in [6, 6.07) is 5.11. The van der Waals surface area contributed by atoms with E-state index in [4.69, 9.17) is 4.74 Å². The highest BCUT2D eigenvalue weighted by Crippen LogP contribution is 2.35. The molecule has 0 spiro atoms. The number of nitrogens with one attached hydrogen (secondary N) is 1. The van der Waals surface area contributed by atoms with E-state index in [0.29, 0.717) is 17.2 Å². The molecule has 6 rings (SSSR count). The third kappa shape index (κ3) is 4.03. The number of imidazole rings is 1. The molecule has 1 amide bonds. The maximum Gasteiger partial charge on any atom is 0.254 e. The van der Waals surface area contributed by atoms with Gasteiger partial charge in [-0.25, -0.2) is 14.1 Å². The zero-order valence-electron chi connectivity index (χ0n) is 20.7. The van der Waals surface area contributed by atoms with Gasteiger partial charge in [0.05, 0.1) is 36.4 Å². The maximum atomic E-state index is 14.6. The molecule has 1 atom stereocenters. The Morgan fingerprint density at radius 3 is 2.72 bits per heavy atom. The number of likely N-dealkylation sites (tertiary alicyclic amines) is 1. The number of fused-ring (bicyclic) bond motifs is 1. The highest BCUT2D eigenvalue weighted by atomic mass is 19.1. The lowest BCUT2D eigenvalue weighted by molar-refractivity contribution is 0.0947. The lowest BCUT2D eigenvalue weighted by Gasteiger charge is -2.16. The van der Waals surface area contributed by atoms with E-state index in [0.717, 1.165) is 55.0 Å². The predicted molar refractivity (Wildman–Crippen MR) is 134 cm³/mol. The van der Waals surface area contributed by atoms with Crippen LogP contribution in [-0.2, 0) is 0 Å². The number of likely N-dealkylation sites (N-methyl/N-ethyl adjacent to an activating group) is 1. The number of rotatable bonds is 6. The average molecular weight is 489 g/mol. The number of benzene rings is 1. The topological polar surface area (TPSA) is 76.7 Å². The number of amides is 1. The maximum absolute atomic E-state index is 14.6. The second kappa shape index (κ2) is 8.74. The molecule has 0 bridgehead atoms. The number of methoxy groups -OCH3 is 1. The molecule has 1 saturated carbocycles. The fourth-order valence-electron chi connectivity index (χ4n) is 5.07. The molecule has 1 aliphatic heterocycles. The fraction of sp³-hybridized carbons (Fsp3) is 0.370. The van der Waals surface area contributed by atoms with E-state index in [2.05, 4.69) is 37.9 Å². The Hall–Kier alpha value is -3.72. The molecule has 0 radical (unpaired) electrons. The smallest absolute Gasteiger partial charge is 0.254 e. The molecule has 1 N–H and O–H groups in total. The van der Waals surface area contributed by atoms with E-state index < -0.39 is 5.82 Å². The van der Waals surface area contributed by atoms with Gasteiger partial charge < -0.3 is 15.0 Å². The Bertz CT molecular complexity index is 1470. The van der Waals surface area contributed by atoms with Crippen molar-refractivity contribution in [3.63, 3.8) is 0 Å². The number of aromatic nitrogens is 4. The number of carbonyl (C=O) groups excluding carboxylic acids is 1. The standard InChI is InChI=1S/C27H29FN6O2/c1-16-8-22(28)20(27(35)31-19-4-5-19)9-23(16)34-14-18(11-30-34)24-12-29-26-10-25(36-3)21(15-33(24)26)17-6-7-32(2)13-17/h8-12,14-15,17,19H,4-7,13H2,1-3H3,(H,31,35). The van der Waals surface area contributed by atoms with Crippen molar-refractivity contribution in [3.8, 4) is 22.7 Å². The zero-order chi connectivity index (χ0) is 25.0. The molecule has 4 heterocycles. The largest absolute Gasteiger partial charge is 0.496 e. The molecule has 2 fully saturated rings. The van der Waals surface area contributed by atoms with Gasteiger partial charge in [0.25, 0.3) is 5.91 Å². The first kappa shape index (κ1) is 22.7. The molecular weight excluding hydrogens is 459 g/mol. The van der Waals surface area contributed by atoms with E-state index in [-0.39, 0.29) is 17.5 Å². The van der Waals surface area contributed by atoms with Crippen LogP contribution < -0.4 is 10.1 Å². The van der Waals surface area contributed by atoms with Crippen LogP contribution in [0.25, 0.3) is 22.6 Å². The van der Waals surface area contributed by atoms with Crippen LogP contribution in [0.4, 0.5) is 4.39 Å². The van der Waals surface area contributed by atoms with Crippen LogP contribution >= 0.6 is 0 Å². The van der Waals surface area contributed by atoms with Gasteiger partial charge in [0.1, 0.15) is 17.2 Å². The van der Waals surface area contributed by atoms with Gasteiger partial charge in [-0.2, -0.15) is 5.10 Å². The Kier molecular flexibility index (Phi) is 5.52. The third-order valence-corrected chi connectivity index (χ3v) is 7.26. The van der Waals surface area contributed by atoms with Crippen LogP contribution in [0.15, 0.2) is 43.0 Å². The first-order valence-electron chi connectivity index (χ1n) is 12.3. The lowest BCUT2D eigenvalue weighted by atomic mass is 9.99. The summed E-state index contributed by atoms with van der Waals surface area (Å²) in [5.41, 5.74) is 5.12. The predicted octanol–water partition coefficient (Wildman–Crippen LogP) is 3.95. The van der Waals surface area contributed by atoms with Crippen LogP contribution in [-0.4, -0.2) is 63.3 Å². The summed E-state index contributed by atoms with van der Waals surface area (Å²) < 4.78 is 24.1. The fourth-order valence-corrected chi connectivity index (χ4v) is 5.07. The number of hydrogen-bond acceptors (Lipinski definition) is 5. The summed E-state index contributed by atoms with van der Waals surface area (Å²) in [5, 5.41) is 7.41. The van der Waals surface area contributed by atoms with Crippen LogP contribution in [0.3, 0.4) is 0 Å². The second-order valence-electron chi connectivity index (χ2n) is 9.96. The normalized spacial score (nSPS) is 18.2. The van der Waals surface area contributed by atoms with Gasteiger partial charge >= 0.3 is 0 Å². The molecule has 36 heavy (non-hydrogen) atoms. The van der Waals surface area contributed by atoms with Crippen LogP contribution in [0.5, 0.6) is 5.75 Å². The van der Waals surface area contributed by atoms with Crippen molar-refractivity contribution < 1.29 is 13.9 Å². The number of carbonyl (C=O) groups is 1. The third-order valence-electron chi connectivity index (χ3n) is 7.26. The number of hydrogen-bond donors (Lipinski definition) is 1. The highest BCUT2D eigenvalue weighted by Gasteiger charge is 2.27. The summed E-state index contributed by atoms with van der Waals surface area (Å²) >= 11 is 0. The molecule has 1 unspecified atom stereocenters. The molecule has 1 aromatic carbocycles. The summed E-state index contributed by atoms with van der Waals surface area (Å²) in [6.45, 7) is 3.87. The van der Waals surface area contributed by atoms with E-state index in [1.807, 2.05) is 25.4 Å². The van der Waals surface area contributed by atoms with Gasteiger partial charge in [-0.1, -0.05) is 0 Å². The van der Waals surface area contributed by atoms with E-state index in [1.54, 1.807) is 24.1 Å². The Morgan fingerprint density at radius 1 is 1.17 bits per heavy atom. The summed E-state index contributed by atoms with van der Waals surface area (Å²) in [6.07, 6.45) is 10.6. The van der Waals surface area contributed by atoms with E-state index in [1.165, 1.54) is 11.6 Å². The van der Waals surface area contributed by atoms with Crippen molar-refractivity contribution >= 4 is 11.6 Å². The monoisotopic (exact) mass is 488 g/mol. The molecule has 1 aliphatic carbocycles. The van der Waals surface area contributed by atoms with Gasteiger partial charge in [0.2, 0.25) is 0 Å². The summed E-state index contributed by atoms with van der Waals surface area (Å²) in [7, 11) is 3.84. The molecule has 9 heteroatoms. The molecule has 2 aliphatic rings. The van der Waals surface area contributed by atoms with Crippen molar-refractivity contribution in [2.75, 3.05) is 27.2 Å². The van der Waals surface area contributed by atoms with Crippen molar-refractivity contribution in [3.05, 3.63) is 65.5 Å². The van der Waals surface area contributed by atoms with Crippen molar-refractivity contribution in [2.45, 2.75) is 38.1 Å². The van der Waals surface area contributed by atoms with Crippen LogP contribution in [0.2, 0.25) is 0 Å². The molecular formula is C27H29FN6O2. The zero-order valence-corrected chi connectivity index (χ0v) is 20.7. The van der Waals surface area contributed by atoms with E-state index >= 15 is 0 Å². The second-order valence-corrected chi connectivity index (χ2v) is 9.96. The summed E-state index contributed by atoms with van der Waals surface area (Å²) in [5.74, 6) is 0.344. The van der Waals surface area contributed by atoms with Crippen molar-refractivity contribution in [1.82, 2.24) is 29.4 Å². The summed E-state index contributed by atoms with van der Waals surface area (Å²) in [4.78, 5) is 19.5. The minimum atomic E-state index is -0.525. The minimum absolute atomic E-state index is 0.0348. The lowest BCUT2D eigenvalue weighted by Crippen LogP contribution is -2.26. The molecule has 1 saturated heterocycles. The number of halogens is 1. The number of nitrogens with zero attached hydrogens (tertiary/aromatic N) is 5. The molecule has 8 nitrogen and oxygen atoms in total. The van der Waals surface area contributed by atoms with E-state index in [9.17, 15) is 9.18 Å². The van der Waals surface area contributed by atoms with Gasteiger partial charge in [-0.15, -0.1) is 0 Å². The molecule has 3 aromatic heterocycles. The Balaban J connectivity index is 1.37. The highest BCUT2D eigenvalue weighted by molar-refractivity contribution is 5.95. The number of ether oxygens (including phenoxy) is 1. The SMILES string of the molecule is COc1cc2ncc(-c3cnn(-c4cc(C(=O)NC5CC5)c(F)cc4C)c3)n2cc1C1CCN(C)C1. The first-order valence-corrected chi connectivity index (χ1v) is 12.3. The molecule has 186 valence electrons. The van der Waals surface area contributed by atoms with Crippen LogP contribution in [0, 0.1) is 12.7 Å². The van der Waals surface area contributed by atoms with Crippen molar-refractivity contribution in [1.29, 1.82) is 0 Å². The van der Waals surface area contributed by atoms with Gasteiger partial charge in [0.15, 0.2) is 0 Å². The molecule has 4 aromatic rings. The minimum Gasteiger partial charge on any atom is -0.496 e. The number of pyridine rings is 1. The van der Waals surface area contributed by atoms with Crippen molar-refractivity contribution in [2.24, 2.45) is 0 Å². The van der Waals surface area contributed by atoms with Gasteiger partial charge in [0, 0.05) is 48.1 Å². The van der Waals surface area contributed by atoms with Gasteiger partial charge in [-0.3, -0.25) is 9.20 Å². The quantitative estimate of drug-likeness (QED) is 0.445.